The second-order valence-electron chi connectivity index (χ2n) is 5.70. The molecule has 1 heterocycles. The van der Waals surface area contributed by atoms with Gasteiger partial charge in [-0.05, 0) is 35.7 Å². The molecule has 0 nitrogen and oxygen atoms in total. The highest BCUT2D eigenvalue weighted by Gasteiger charge is 2.42. The third-order valence-corrected chi connectivity index (χ3v) is 7.51. The highest BCUT2D eigenvalue weighted by Crippen LogP contribution is 2.64. The molecule has 0 aromatic rings. The van der Waals surface area contributed by atoms with Crippen molar-refractivity contribution in [2.75, 3.05) is 6.66 Å². The molecule has 0 radical (unpaired) electrons. The summed E-state index contributed by atoms with van der Waals surface area (Å²) in [6.45, 7) is 14.7. The largest absolute Gasteiger partial charge is 0.0983 e. The average molecular weight is 186 g/mol. The molecule has 1 aliphatic heterocycles. The van der Waals surface area contributed by atoms with Gasteiger partial charge in [-0.1, -0.05) is 42.5 Å². The Kier molecular flexibility index (Phi) is 2.61. The zero-order valence-corrected chi connectivity index (χ0v) is 10.3. The van der Waals surface area contributed by atoms with Gasteiger partial charge in [0.2, 0.25) is 0 Å². The summed E-state index contributed by atoms with van der Waals surface area (Å²) in [4.78, 5) is 0. The topological polar surface area (TPSA) is 0 Å². The Balaban J connectivity index is 2.84. The van der Waals surface area contributed by atoms with Crippen molar-refractivity contribution in [1.82, 2.24) is 0 Å². The van der Waals surface area contributed by atoms with E-state index in [0.717, 1.165) is 5.92 Å². The second kappa shape index (κ2) is 2.98. The summed E-state index contributed by atoms with van der Waals surface area (Å²) in [6.07, 6.45) is 2.86. The molecule has 1 aliphatic rings. The van der Waals surface area contributed by atoms with Crippen LogP contribution in [0.1, 0.15) is 47.5 Å². The summed E-state index contributed by atoms with van der Waals surface area (Å²) in [5.74, 6) is 0.925. The summed E-state index contributed by atoms with van der Waals surface area (Å²) in [6, 6.07) is 0. The van der Waals surface area contributed by atoms with Crippen molar-refractivity contribution in [2.24, 2.45) is 5.92 Å². The van der Waals surface area contributed by atoms with Crippen molar-refractivity contribution in [1.29, 1.82) is 0 Å². The summed E-state index contributed by atoms with van der Waals surface area (Å²) >= 11 is 0. The highest BCUT2D eigenvalue weighted by molar-refractivity contribution is 7.60. The van der Waals surface area contributed by atoms with Crippen LogP contribution < -0.4 is 0 Å². The van der Waals surface area contributed by atoms with Crippen molar-refractivity contribution in [3.63, 3.8) is 0 Å². The standard InChI is InChI=1S/C11H23P/c1-9-7-10(2,3)12(6)11(4,5)8-9/h9H,7-8H2,1-6H3. The van der Waals surface area contributed by atoms with Gasteiger partial charge < -0.3 is 0 Å². The molecular weight excluding hydrogens is 163 g/mol. The minimum absolute atomic E-state index is 0.195. The fourth-order valence-electron chi connectivity index (χ4n) is 2.87. The Labute approximate surface area is 78.9 Å². The lowest BCUT2D eigenvalue weighted by Crippen LogP contribution is -2.38. The van der Waals surface area contributed by atoms with Gasteiger partial charge in [-0.25, -0.2) is 0 Å². The minimum atomic E-state index is 0.195. The zero-order valence-electron chi connectivity index (χ0n) is 9.44. The fraction of sp³-hybridized carbons (Fsp3) is 1.00. The lowest BCUT2D eigenvalue weighted by Gasteiger charge is -2.50. The SMILES string of the molecule is CC1CC(C)(C)P(C)C(C)(C)C1. The number of hydrogen-bond acceptors (Lipinski definition) is 0. The molecule has 0 atom stereocenters. The molecule has 0 saturated carbocycles. The summed E-state index contributed by atoms with van der Waals surface area (Å²) < 4.78 is 0. The van der Waals surface area contributed by atoms with E-state index in [1.165, 1.54) is 12.8 Å². The summed E-state index contributed by atoms with van der Waals surface area (Å²) in [7, 11) is 0.195. The Hall–Kier alpha value is 0.430. The maximum atomic E-state index is 2.49. The van der Waals surface area contributed by atoms with Crippen LogP contribution in [0.5, 0.6) is 0 Å². The normalized spacial score (nSPS) is 39.5. The Morgan fingerprint density at radius 2 is 1.33 bits per heavy atom. The lowest BCUT2D eigenvalue weighted by molar-refractivity contribution is 0.361. The molecule has 1 heteroatoms. The third kappa shape index (κ3) is 1.84. The predicted molar refractivity (Wildman–Crippen MR) is 59.4 cm³/mol. The molecule has 1 saturated heterocycles. The van der Waals surface area contributed by atoms with Crippen molar-refractivity contribution in [3.05, 3.63) is 0 Å². The van der Waals surface area contributed by atoms with E-state index in [2.05, 4.69) is 41.3 Å². The first-order chi connectivity index (χ1) is 5.26. The van der Waals surface area contributed by atoms with Gasteiger partial charge in [0, 0.05) is 0 Å². The minimum Gasteiger partial charge on any atom is -0.0983 e. The van der Waals surface area contributed by atoms with Crippen molar-refractivity contribution < 1.29 is 0 Å². The van der Waals surface area contributed by atoms with Crippen LogP contribution in [0.2, 0.25) is 0 Å². The number of hydrogen-bond donors (Lipinski definition) is 0. The van der Waals surface area contributed by atoms with Crippen LogP contribution in [0.15, 0.2) is 0 Å². The molecule has 12 heavy (non-hydrogen) atoms. The molecule has 0 spiro atoms. The van der Waals surface area contributed by atoms with Crippen LogP contribution in [0, 0.1) is 5.92 Å². The second-order valence-corrected chi connectivity index (χ2v) is 9.24. The summed E-state index contributed by atoms with van der Waals surface area (Å²) in [5.41, 5.74) is 0. The van der Waals surface area contributed by atoms with Gasteiger partial charge in [-0.3, -0.25) is 0 Å². The van der Waals surface area contributed by atoms with Gasteiger partial charge in [0.25, 0.3) is 0 Å². The molecular formula is C11H23P. The molecule has 0 aromatic carbocycles. The van der Waals surface area contributed by atoms with E-state index in [1.54, 1.807) is 0 Å². The van der Waals surface area contributed by atoms with E-state index in [4.69, 9.17) is 0 Å². The Morgan fingerprint density at radius 3 is 1.67 bits per heavy atom. The first-order valence-electron chi connectivity index (χ1n) is 5.00. The molecule has 72 valence electrons. The van der Waals surface area contributed by atoms with Gasteiger partial charge in [0.15, 0.2) is 0 Å². The van der Waals surface area contributed by atoms with E-state index < -0.39 is 0 Å². The molecule has 1 fully saturated rings. The van der Waals surface area contributed by atoms with Crippen molar-refractivity contribution >= 4 is 7.92 Å². The molecule has 0 aliphatic carbocycles. The molecule has 0 bridgehead atoms. The zero-order chi connectivity index (χ0) is 9.57. The molecule has 0 aromatic heterocycles. The Bertz CT molecular complexity index is 152. The van der Waals surface area contributed by atoms with E-state index in [1.807, 2.05) is 0 Å². The van der Waals surface area contributed by atoms with E-state index in [0.29, 0.717) is 10.3 Å². The maximum Gasteiger partial charge on any atom is -0.0146 e. The highest BCUT2D eigenvalue weighted by atomic mass is 31.1. The lowest BCUT2D eigenvalue weighted by atomic mass is 9.89. The van der Waals surface area contributed by atoms with E-state index in [-0.39, 0.29) is 7.92 Å². The Morgan fingerprint density at radius 1 is 1.00 bits per heavy atom. The van der Waals surface area contributed by atoms with E-state index in [9.17, 15) is 0 Å². The fourth-order valence-corrected chi connectivity index (χ4v) is 5.68. The first kappa shape index (κ1) is 10.5. The van der Waals surface area contributed by atoms with Gasteiger partial charge in [-0.15, -0.1) is 0 Å². The van der Waals surface area contributed by atoms with Crippen molar-refractivity contribution in [3.8, 4) is 0 Å². The van der Waals surface area contributed by atoms with Gasteiger partial charge in [0.05, 0.1) is 0 Å². The predicted octanol–water partition coefficient (Wildman–Crippen LogP) is 4.09. The van der Waals surface area contributed by atoms with Crippen LogP contribution in [0.25, 0.3) is 0 Å². The van der Waals surface area contributed by atoms with Gasteiger partial charge in [-0.2, -0.15) is 0 Å². The van der Waals surface area contributed by atoms with Gasteiger partial charge >= 0.3 is 0 Å². The first-order valence-corrected chi connectivity index (χ1v) is 6.78. The monoisotopic (exact) mass is 186 g/mol. The quantitative estimate of drug-likeness (QED) is 0.500. The smallest absolute Gasteiger partial charge is 0.0146 e. The van der Waals surface area contributed by atoms with Crippen LogP contribution in [-0.4, -0.2) is 17.0 Å². The van der Waals surface area contributed by atoms with Gasteiger partial charge in [0.1, 0.15) is 0 Å². The van der Waals surface area contributed by atoms with Crippen LogP contribution in [0.4, 0.5) is 0 Å². The van der Waals surface area contributed by atoms with Crippen LogP contribution in [-0.2, 0) is 0 Å². The molecule has 1 rings (SSSR count). The molecule has 0 N–H and O–H groups in total. The van der Waals surface area contributed by atoms with Crippen LogP contribution in [0.3, 0.4) is 0 Å². The molecule has 0 amide bonds. The molecule has 0 unspecified atom stereocenters. The average Bonchev–Trinajstić information content (AvgIpc) is 1.80. The number of rotatable bonds is 0. The maximum absolute atomic E-state index is 2.49. The van der Waals surface area contributed by atoms with E-state index >= 15 is 0 Å². The van der Waals surface area contributed by atoms with Crippen LogP contribution >= 0.6 is 7.92 Å². The summed E-state index contributed by atoms with van der Waals surface area (Å²) in [5, 5.41) is 1.22. The third-order valence-electron chi connectivity index (χ3n) is 3.51. The van der Waals surface area contributed by atoms with Crippen molar-refractivity contribution in [2.45, 2.75) is 57.8 Å².